The van der Waals surface area contributed by atoms with Gasteiger partial charge in [-0.2, -0.15) is 0 Å². The van der Waals surface area contributed by atoms with E-state index in [1.807, 2.05) is 6.07 Å². The lowest BCUT2D eigenvalue weighted by molar-refractivity contribution is 0.101. The molecule has 0 radical (unpaired) electrons. The van der Waals surface area contributed by atoms with Gasteiger partial charge in [-0.1, -0.05) is 84.8 Å². The number of hydrogen-bond donors (Lipinski definition) is 0. The molecule has 0 spiro atoms. The molecule has 3 aromatic rings. The molecule has 3 aliphatic rings. The first kappa shape index (κ1) is 24.1. The lowest BCUT2D eigenvalue weighted by Gasteiger charge is -2.46. The Morgan fingerprint density at radius 3 is 2.14 bits per heavy atom. The smallest absolute Gasteiger partial charge is 0.160 e. The zero-order valence-corrected chi connectivity index (χ0v) is 22.4. The Kier molecular flexibility index (Phi) is 6.24. The van der Waals surface area contributed by atoms with Gasteiger partial charge in [0.05, 0.1) is 0 Å². The fraction of sp³-hybridized carbons (Fsp3) is 0.343. The SMILES string of the molecule is CC(=O)c1c(C)cc(C2=C(C)C3CCCC3(N3CCCC3)C=C2c2ccccc2)cc1-c1ccccc1. The highest BCUT2D eigenvalue weighted by molar-refractivity contribution is 6.10. The van der Waals surface area contributed by atoms with Crippen LogP contribution in [0.5, 0.6) is 0 Å². The topological polar surface area (TPSA) is 20.3 Å². The molecule has 6 rings (SSSR count). The summed E-state index contributed by atoms with van der Waals surface area (Å²) >= 11 is 0. The third-order valence-electron chi connectivity index (χ3n) is 9.09. The van der Waals surface area contributed by atoms with Gasteiger partial charge in [0, 0.05) is 17.0 Å². The van der Waals surface area contributed by atoms with Crippen LogP contribution >= 0.6 is 0 Å². The molecule has 1 saturated carbocycles. The molecule has 1 heterocycles. The molecule has 1 aliphatic heterocycles. The average molecular weight is 488 g/mol. The highest BCUT2D eigenvalue weighted by Crippen LogP contribution is 2.55. The van der Waals surface area contributed by atoms with E-state index in [1.54, 1.807) is 6.92 Å². The maximum atomic E-state index is 12.8. The quantitative estimate of drug-likeness (QED) is 0.337. The molecule has 0 N–H and O–H groups in total. The summed E-state index contributed by atoms with van der Waals surface area (Å²) in [5, 5.41) is 0. The van der Waals surface area contributed by atoms with Crippen molar-refractivity contribution in [2.24, 2.45) is 5.92 Å². The van der Waals surface area contributed by atoms with E-state index in [1.165, 1.54) is 73.0 Å². The summed E-state index contributed by atoms with van der Waals surface area (Å²) in [5.41, 5.74) is 10.9. The van der Waals surface area contributed by atoms with Crippen molar-refractivity contribution in [2.75, 3.05) is 13.1 Å². The third kappa shape index (κ3) is 4.03. The minimum absolute atomic E-state index is 0.125. The Hall–Kier alpha value is -3.23. The van der Waals surface area contributed by atoms with Crippen molar-refractivity contribution in [3.05, 3.63) is 107 Å². The Morgan fingerprint density at radius 2 is 1.49 bits per heavy atom. The van der Waals surface area contributed by atoms with Crippen LogP contribution in [0.2, 0.25) is 0 Å². The lowest BCUT2D eigenvalue weighted by atomic mass is 9.69. The molecule has 1 saturated heterocycles. The Balaban J connectivity index is 1.59. The van der Waals surface area contributed by atoms with Crippen molar-refractivity contribution in [3.8, 4) is 11.1 Å². The van der Waals surface area contributed by atoms with Crippen LogP contribution in [-0.2, 0) is 0 Å². The van der Waals surface area contributed by atoms with Gasteiger partial charge in [0.2, 0.25) is 0 Å². The van der Waals surface area contributed by atoms with Gasteiger partial charge < -0.3 is 0 Å². The standard InChI is InChI=1S/C35H37NO/c1-24-21-29(22-30(33(24)26(3)37)27-13-6-4-7-14-27)34-25(2)32-17-12-18-35(32,36-19-10-11-20-36)23-31(34)28-15-8-5-9-16-28/h4-9,13-16,21-23,32H,10-12,17-20H2,1-3H3. The van der Waals surface area contributed by atoms with E-state index in [0.717, 1.165) is 22.3 Å². The molecular weight excluding hydrogens is 450 g/mol. The number of benzene rings is 3. The van der Waals surface area contributed by atoms with Crippen LogP contribution in [0.1, 0.15) is 73.0 Å². The van der Waals surface area contributed by atoms with E-state index in [9.17, 15) is 4.79 Å². The second-order valence-corrected chi connectivity index (χ2v) is 11.3. The van der Waals surface area contributed by atoms with Crippen molar-refractivity contribution >= 4 is 16.9 Å². The van der Waals surface area contributed by atoms with Gasteiger partial charge in [0.15, 0.2) is 5.78 Å². The number of carbonyl (C=O) groups excluding carboxylic acids is 1. The van der Waals surface area contributed by atoms with Crippen LogP contribution in [0.15, 0.2) is 84.4 Å². The highest BCUT2D eigenvalue weighted by Gasteiger charge is 2.50. The third-order valence-corrected chi connectivity index (χ3v) is 9.09. The zero-order valence-electron chi connectivity index (χ0n) is 22.4. The van der Waals surface area contributed by atoms with Gasteiger partial charge in [-0.05, 0) is 105 Å². The maximum Gasteiger partial charge on any atom is 0.160 e. The fourth-order valence-electron chi connectivity index (χ4n) is 7.56. The monoisotopic (exact) mass is 487 g/mol. The number of hydrogen-bond acceptors (Lipinski definition) is 2. The van der Waals surface area contributed by atoms with Crippen molar-refractivity contribution < 1.29 is 4.79 Å². The van der Waals surface area contributed by atoms with E-state index in [4.69, 9.17) is 0 Å². The van der Waals surface area contributed by atoms with Crippen molar-refractivity contribution in [1.29, 1.82) is 0 Å². The van der Waals surface area contributed by atoms with Gasteiger partial charge in [0.25, 0.3) is 0 Å². The number of likely N-dealkylation sites (tertiary alicyclic amines) is 1. The summed E-state index contributed by atoms with van der Waals surface area (Å²) in [6.07, 6.45) is 9.05. The molecule has 188 valence electrons. The lowest BCUT2D eigenvalue weighted by Crippen LogP contribution is -2.50. The average Bonchev–Trinajstić information content (AvgIpc) is 3.60. The second kappa shape index (κ2) is 9.58. The normalized spacial score (nSPS) is 23.8. The molecule has 0 amide bonds. The minimum atomic E-state index is 0.125. The van der Waals surface area contributed by atoms with Gasteiger partial charge in [0.1, 0.15) is 0 Å². The molecule has 2 unspecified atom stereocenters. The van der Waals surface area contributed by atoms with Crippen LogP contribution < -0.4 is 0 Å². The second-order valence-electron chi connectivity index (χ2n) is 11.3. The molecule has 2 atom stereocenters. The first-order valence-electron chi connectivity index (χ1n) is 14.0. The van der Waals surface area contributed by atoms with E-state index in [0.29, 0.717) is 5.92 Å². The van der Waals surface area contributed by atoms with Crippen LogP contribution in [-0.4, -0.2) is 29.3 Å². The van der Waals surface area contributed by atoms with Crippen LogP contribution in [0.3, 0.4) is 0 Å². The largest absolute Gasteiger partial charge is 0.294 e. The maximum absolute atomic E-state index is 12.8. The van der Waals surface area contributed by atoms with Crippen LogP contribution in [0.25, 0.3) is 22.3 Å². The number of nitrogens with zero attached hydrogens (tertiary/aromatic N) is 1. The predicted octanol–water partition coefficient (Wildman–Crippen LogP) is 8.37. The van der Waals surface area contributed by atoms with E-state index >= 15 is 0 Å². The number of fused-ring (bicyclic) bond motifs is 1. The fourth-order valence-corrected chi connectivity index (χ4v) is 7.56. The zero-order chi connectivity index (χ0) is 25.6. The van der Waals surface area contributed by atoms with Crippen molar-refractivity contribution in [2.45, 2.75) is 58.4 Å². The van der Waals surface area contributed by atoms with E-state index in [-0.39, 0.29) is 11.3 Å². The first-order valence-corrected chi connectivity index (χ1v) is 14.0. The van der Waals surface area contributed by atoms with E-state index in [2.05, 4.69) is 91.6 Å². The summed E-state index contributed by atoms with van der Waals surface area (Å²) in [4.78, 5) is 15.6. The molecule has 2 nitrogen and oxygen atoms in total. The van der Waals surface area contributed by atoms with Crippen LogP contribution in [0, 0.1) is 12.8 Å². The number of rotatable bonds is 5. The summed E-state index contributed by atoms with van der Waals surface area (Å²) in [7, 11) is 0. The Bertz CT molecular complexity index is 1390. The molecule has 3 aromatic carbocycles. The molecular formula is C35H37NO. The van der Waals surface area contributed by atoms with Crippen LogP contribution in [0.4, 0.5) is 0 Å². The summed E-state index contributed by atoms with van der Waals surface area (Å²) in [6, 6.07) is 25.9. The number of aryl methyl sites for hydroxylation is 1. The Labute approximate surface area is 221 Å². The molecule has 2 fully saturated rings. The molecule has 2 heteroatoms. The molecule has 2 aliphatic carbocycles. The van der Waals surface area contributed by atoms with Crippen molar-refractivity contribution in [3.63, 3.8) is 0 Å². The first-order chi connectivity index (χ1) is 18.0. The van der Waals surface area contributed by atoms with E-state index < -0.39 is 0 Å². The molecule has 0 bridgehead atoms. The number of Topliss-reactive ketones (excluding diaryl/α,β-unsaturated/α-hetero) is 1. The van der Waals surface area contributed by atoms with Gasteiger partial charge in [-0.3, -0.25) is 9.69 Å². The van der Waals surface area contributed by atoms with Gasteiger partial charge in [-0.15, -0.1) is 0 Å². The number of carbonyl (C=O) groups is 1. The summed E-state index contributed by atoms with van der Waals surface area (Å²) in [6.45, 7) is 8.60. The van der Waals surface area contributed by atoms with Gasteiger partial charge >= 0.3 is 0 Å². The molecule has 0 aromatic heterocycles. The highest BCUT2D eigenvalue weighted by atomic mass is 16.1. The predicted molar refractivity (Wildman–Crippen MR) is 155 cm³/mol. The molecule has 37 heavy (non-hydrogen) atoms. The summed E-state index contributed by atoms with van der Waals surface area (Å²) in [5.74, 6) is 0.668. The van der Waals surface area contributed by atoms with Gasteiger partial charge in [-0.25, -0.2) is 0 Å². The summed E-state index contributed by atoms with van der Waals surface area (Å²) < 4.78 is 0. The number of ketones is 1. The Morgan fingerprint density at radius 1 is 0.838 bits per heavy atom. The van der Waals surface area contributed by atoms with Crippen molar-refractivity contribution in [1.82, 2.24) is 4.90 Å². The number of allylic oxidation sites excluding steroid dienone is 2. The minimum Gasteiger partial charge on any atom is -0.294 e.